The molecule has 0 atom stereocenters. The van der Waals surface area contributed by atoms with Crippen LogP contribution in [0.15, 0.2) is 223 Å². The molecule has 0 N–H and O–H groups in total. The molecule has 0 aliphatic rings. The summed E-state index contributed by atoms with van der Waals surface area (Å²) in [5.41, 5.74) is 17.1. The molecule has 0 aliphatic carbocycles. The third kappa shape index (κ3) is 5.80. The third-order valence-electron chi connectivity index (χ3n) is 11.2. The summed E-state index contributed by atoms with van der Waals surface area (Å²) in [6, 6.07) is 77.3. The van der Waals surface area contributed by atoms with Gasteiger partial charge in [0.2, 0.25) is 0 Å². The molecule has 58 heavy (non-hydrogen) atoms. The van der Waals surface area contributed by atoms with Gasteiger partial charge in [0, 0.05) is 33.2 Å². The van der Waals surface area contributed by atoms with Crippen LogP contribution in [0.4, 0.5) is 0 Å². The number of nitrogens with zero attached hydrogens (tertiary/aromatic N) is 2. The van der Waals surface area contributed by atoms with E-state index in [9.17, 15) is 0 Å². The van der Waals surface area contributed by atoms with Crippen molar-refractivity contribution in [3.8, 4) is 72.7 Å². The van der Waals surface area contributed by atoms with Crippen molar-refractivity contribution < 1.29 is 4.42 Å². The zero-order valence-corrected chi connectivity index (χ0v) is 31.6. The molecule has 11 rings (SSSR count). The molecule has 3 nitrogen and oxygen atoms in total. The number of imidazole rings is 1. The maximum atomic E-state index is 7.16. The summed E-state index contributed by atoms with van der Waals surface area (Å²) in [5, 5.41) is 2.15. The van der Waals surface area contributed by atoms with Gasteiger partial charge < -0.3 is 4.42 Å². The average Bonchev–Trinajstić information content (AvgIpc) is 3.89. The van der Waals surface area contributed by atoms with E-state index in [1.165, 1.54) is 27.8 Å². The SMILES string of the molecule is c1ccc(-c2ccc(-n3c(-c4ccc5c(oc6c(-c7cccc(-c8cccc(-c9ccccc9)c8)c7)cccc65)c4-c4ccccc4)nc4ccccc43)cc2)cc1. The molecular formula is C55H36N2O. The van der Waals surface area contributed by atoms with E-state index >= 15 is 0 Å². The van der Waals surface area contributed by atoms with Gasteiger partial charge in [-0.1, -0.05) is 170 Å². The van der Waals surface area contributed by atoms with Crippen LogP contribution in [0.5, 0.6) is 0 Å². The van der Waals surface area contributed by atoms with E-state index in [0.717, 1.165) is 77.9 Å². The van der Waals surface area contributed by atoms with Crippen molar-refractivity contribution in [1.82, 2.24) is 9.55 Å². The molecule has 0 spiro atoms. The molecule has 3 heteroatoms. The van der Waals surface area contributed by atoms with Crippen molar-refractivity contribution in [2.24, 2.45) is 0 Å². The first kappa shape index (κ1) is 33.6. The van der Waals surface area contributed by atoms with Gasteiger partial charge in [-0.25, -0.2) is 4.98 Å². The van der Waals surface area contributed by atoms with Crippen LogP contribution in [0.2, 0.25) is 0 Å². The molecule has 0 saturated carbocycles. The highest BCUT2D eigenvalue weighted by Gasteiger charge is 2.23. The van der Waals surface area contributed by atoms with Crippen LogP contribution < -0.4 is 0 Å². The van der Waals surface area contributed by atoms with Crippen LogP contribution in [0.1, 0.15) is 0 Å². The Kier molecular flexibility index (Phi) is 8.15. The molecule has 272 valence electrons. The Morgan fingerprint density at radius 3 is 1.57 bits per heavy atom. The summed E-state index contributed by atoms with van der Waals surface area (Å²) >= 11 is 0. The first-order valence-corrected chi connectivity index (χ1v) is 19.7. The Balaban J connectivity index is 1.09. The van der Waals surface area contributed by atoms with Gasteiger partial charge in [-0.3, -0.25) is 4.57 Å². The second kappa shape index (κ2) is 14.1. The van der Waals surface area contributed by atoms with Gasteiger partial charge in [-0.05, 0) is 93.0 Å². The van der Waals surface area contributed by atoms with Gasteiger partial charge in [-0.15, -0.1) is 0 Å². The van der Waals surface area contributed by atoms with Gasteiger partial charge in [0.1, 0.15) is 17.0 Å². The maximum absolute atomic E-state index is 7.16. The minimum absolute atomic E-state index is 0.843. The van der Waals surface area contributed by atoms with E-state index < -0.39 is 0 Å². The van der Waals surface area contributed by atoms with Gasteiger partial charge in [-0.2, -0.15) is 0 Å². The lowest BCUT2D eigenvalue weighted by Gasteiger charge is -2.14. The fourth-order valence-electron chi connectivity index (χ4n) is 8.44. The molecule has 11 aromatic rings. The van der Waals surface area contributed by atoms with E-state index in [0.29, 0.717) is 0 Å². The van der Waals surface area contributed by atoms with E-state index in [1.807, 2.05) is 0 Å². The first-order chi connectivity index (χ1) is 28.8. The smallest absolute Gasteiger partial charge is 0.146 e. The molecule has 2 aromatic heterocycles. The molecule has 0 radical (unpaired) electrons. The Labute approximate surface area is 336 Å². The Bertz CT molecular complexity index is 3250. The highest BCUT2D eigenvalue weighted by atomic mass is 16.3. The summed E-state index contributed by atoms with van der Waals surface area (Å²) in [4.78, 5) is 5.34. The van der Waals surface area contributed by atoms with Crippen LogP contribution in [-0.2, 0) is 0 Å². The summed E-state index contributed by atoms with van der Waals surface area (Å²) < 4.78 is 9.44. The Morgan fingerprint density at radius 1 is 0.345 bits per heavy atom. The first-order valence-electron chi connectivity index (χ1n) is 19.7. The summed E-state index contributed by atoms with van der Waals surface area (Å²) in [6.07, 6.45) is 0. The second-order valence-corrected chi connectivity index (χ2v) is 14.7. The second-order valence-electron chi connectivity index (χ2n) is 14.7. The number of rotatable bonds is 7. The lowest BCUT2D eigenvalue weighted by molar-refractivity contribution is 0.671. The summed E-state index contributed by atoms with van der Waals surface area (Å²) in [7, 11) is 0. The monoisotopic (exact) mass is 740 g/mol. The topological polar surface area (TPSA) is 31.0 Å². The van der Waals surface area contributed by atoms with E-state index in [1.54, 1.807) is 0 Å². The number of aromatic nitrogens is 2. The standard InChI is InChI=1S/C55H36N2O/c1-4-15-37(16-5-1)39-29-31-45(32-30-39)57-51-28-11-10-27-50(51)56-55(57)49-34-33-48-47-26-14-25-46(53(47)58-54(48)52(49)40-19-8-3-9-20-40)44-24-13-23-43(36-44)42-22-12-21-41(35-42)38-17-6-2-7-18-38/h1-36H. The highest BCUT2D eigenvalue weighted by molar-refractivity contribution is 6.15. The molecule has 0 unspecified atom stereocenters. The zero-order chi connectivity index (χ0) is 38.4. The number of para-hydroxylation sites is 3. The number of hydrogen-bond acceptors (Lipinski definition) is 2. The number of furan rings is 1. The zero-order valence-electron chi connectivity index (χ0n) is 31.6. The summed E-state index contributed by atoms with van der Waals surface area (Å²) in [6.45, 7) is 0. The molecule has 2 heterocycles. The van der Waals surface area contributed by atoms with Gasteiger partial charge in [0.15, 0.2) is 0 Å². The van der Waals surface area contributed by atoms with Crippen molar-refractivity contribution in [3.63, 3.8) is 0 Å². The molecule has 0 bridgehead atoms. The lowest BCUT2D eigenvalue weighted by Crippen LogP contribution is -1.99. The molecule has 0 saturated heterocycles. The quantitative estimate of drug-likeness (QED) is 0.163. The van der Waals surface area contributed by atoms with Crippen LogP contribution in [0, 0.1) is 0 Å². The highest BCUT2D eigenvalue weighted by Crippen LogP contribution is 2.45. The third-order valence-corrected chi connectivity index (χ3v) is 11.2. The van der Waals surface area contributed by atoms with Crippen molar-refractivity contribution in [1.29, 1.82) is 0 Å². The van der Waals surface area contributed by atoms with Crippen molar-refractivity contribution in [2.45, 2.75) is 0 Å². The fraction of sp³-hybridized carbons (Fsp3) is 0. The van der Waals surface area contributed by atoms with Crippen LogP contribution >= 0.6 is 0 Å². The van der Waals surface area contributed by atoms with Gasteiger partial charge in [0.05, 0.1) is 11.0 Å². The minimum Gasteiger partial charge on any atom is -0.455 e. The number of hydrogen-bond donors (Lipinski definition) is 0. The average molecular weight is 741 g/mol. The molecular weight excluding hydrogens is 705 g/mol. The van der Waals surface area contributed by atoms with Gasteiger partial charge in [0.25, 0.3) is 0 Å². The fourth-order valence-corrected chi connectivity index (χ4v) is 8.44. The van der Waals surface area contributed by atoms with E-state index in [4.69, 9.17) is 9.40 Å². The minimum atomic E-state index is 0.843. The Morgan fingerprint density at radius 2 is 0.862 bits per heavy atom. The largest absolute Gasteiger partial charge is 0.455 e. The molecule has 9 aromatic carbocycles. The van der Waals surface area contributed by atoms with Gasteiger partial charge >= 0.3 is 0 Å². The number of fused-ring (bicyclic) bond motifs is 4. The lowest BCUT2D eigenvalue weighted by atomic mass is 9.94. The van der Waals surface area contributed by atoms with E-state index in [-0.39, 0.29) is 0 Å². The van der Waals surface area contributed by atoms with E-state index in [2.05, 4.69) is 223 Å². The maximum Gasteiger partial charge on any atom is 0.146 e. The van der Waals surface area contributed by atoms with Crippen LogP contribution in [0.3, 0.4) is 0 Å². The molecule has 0 aliphatic heterocycles. The van der Waals surface area contributed by atoms with Crippen LogP contribution in [0.25, 0.3) is 106 Å². The van der Waals surface area contributed by atoms with Crippen molar-refractivity contribution in [2.75, 3.05) is 0 Å². The van der Waals surface area contributed by atoms with Crippen LogP contribution in [-0.4, -0.2) is 9.55 Å². The predicted octanol–water partition coefficient (Wildman–Crippen LogP) is 14.9. The Hall–Kier alpha value is -7.75. The summed E-state index contributed by atoms with van der Waals surface area (Å²) in [5.74, 6) is 0.862. The number of benzene rings is 9. The molecule has 0 amide bonds. The molecule has 0 fully saturated rings. The normalized spacial score (nSPS) is 11.4. The predicted molar refractivity (Wildman–Crippen MR) is 241 cm³/mol. The van der Waals surface area contributed by atoms with Crippen molar-refractivity contribution >= 4 is 33.0 Å². The van der Waals surface area contributed by atoms with Crippen molar-refractivity contribution in [3.05, 3.63) is 218 Å².